The zero-order valence-corrected chi connectivity index (χ0v) is 15.7. The highest BCUT2D eigenvalue weighted by molar-refractivity contribution is 5.20. The molecule has 24 heavy (non-hydrogen) atoms. The first-order valence-corrected chi connectivity index (χ1v) is 8.70. The van der Waals surface area contributed by atoms with E-state index in [9.17, 15) is 0 Å². The van der Waals surface area contributed by atoms with E-state index >= 15 is 0 Å². The van der Waals surface area contributed by atoms with E-state index < -0.39 is 0 Å². The molecule has 3 nitrogen and oxygen atoms in total. The highest BCUT2D eigenvalue weighted by atomic mass is 16.5. The van der Waals surface area contributed by atoms with Gasteiger partial charge in [-0.05, 0) is 53.9 Å². The van der Waals surface area contributed by atoms with Crippen LogP contribution in [0.2, 0.25) is 0 Å². The molecule has 0 atom stereocenters. The molecule has 130 valence electrons. The van der Waals surface area contributed by atoms with Crippen molar-refractivity contribution < 1.29 is 4.74 Å². The summed E-state index contributed by atoms with van der Waals surface area (Å²) < 4.78 is 5.89. The number of pyridine rings is 2. The number of hydrogen-bond acceptors (Lipinski definition) is 3. The predicted octanol–water partition coefficient (Wildman–Crippen LogP) is 5.10. The normalized spacial score (nSPS) is 12.2. The van der Waals surface area contributed by atoms with Crippen molar-refractivity contribution in [2.24, 2.45) is 10.8 Å². The number of nitrogens with zero attached hydrogens (tertiary/aromatic N) is 2. The molecule has 0 radical (unpaired) electrons. The lowest BCUT2D eigenvalue weighted by molar-refractivity contribution is 0.226. The highest BCUT2D eigenvalue weighted by Gasteiger charge is 2.19. The van der Waals surface area contributed by atoms with Crippen LogP contribution in [-0.4, -0.2) is 16.6 Å². The van der Waals surface area contributed by atoms with Gasteiger partial charge in [0.1, 0.15) is 5.75 Å². The Hall–Kier alpha value is -1.90. The van der Waals surface area contributed by atoms with Crippen LogP contribution in [-0.2, 0) is 12.8 Å². The maximum absolute atomic E-state index is 5.89. The van der Waals surface area contributed by atoms with Crippen LogP contribution in [0.3, 0.4) is 0 Å². The molecule has 0 bridgehead atoms. The lowest BCUT2D eigenvalue weighted by atomic mass is 9.83. The molecule has 2 heterocycles. The fourth-order valence-electron chi connectivity index (χ4n) is 2.73. The molecule has 0 amide bonds. The molecule has 0 aliphatic rings. The van der Waals surface area contributed by atoms with Gasteiger partial charge in [-0.25, -0.2) is 0 Å². The largest absolute Gasteiger partial charge is 0.492 e. The van der Waals surface area contributed by atoms with E-state index in [1.54, 1.807) is 0 Å². The molecule has 0 N–H and O–H groups in total. The van der Waals surface area contributed by atoms with Crippen molar-refractivity contribution in [2.45, 2.75) is 53.9 Å². The minimum Gasteiger partial charge on any atom is -0.492 e. The van der Waals surface area contributed by atoms with E-state index in [0.29, 0.717) is 6.61 Å². The summed E-state index contributed by atoms with van der Waals surface area (Å²) in [4.78, 5) is 8.70. The quantitative estimate of drug-likeness (QED) is 0.710. The molecular weight excluding hydrogens is 296 g/mol. The predicted molar refractivity (Wildman–Crippen MR) is 99.2 cm³/mol. The van der Waals surface area contributed by atoms with E-state index in [4.69, 9.17) is 4.74 Å². The lowest BCUT2D eigenvalue weighted by Crippen LogP contribution is -2.19. The Morgan fingerprint density at radius 3 is 2.33 bits per heavy atom. The van der Waals surface area contributed by atoms with Crippen molar-refractivity contribution in [3.05, 3.63) is 54.1 Å². The van der Waals surface area contributed by atoms with Gasteiger partial charge in [0.2, 0.25) is 0 Å². The van der Waals surface area contributed by atoms with Crippen LogP contribution in [0, 0.1) is 10.8 Å². The monoisotopic (exact) mass is 326 g/mol. The second-order valence-corrected chi connectivity index (χ2v) is 8.52. The summed E-state index contributed by atoms with van der Waals surface area (Å²) in [7, 11) is 0. The molecule has 2 aromatic heterocycles. The van der Waals surface area contributed by atoms with Gasteiger partial charge in [0.25, 0.3) is 0 Å². The molecule has 0 saturated heterocycles. The lowest BCUT2D eigenvalue weighted by Gasteiger charge is -2.24. The molecule has 0 fully saturated rings. The molecule has 0 unspecified atom stereocenters. The molecule has 0 aliphatic carbocycles. The minimum absolute atomic E-state index is 0.183. The number of hydrogen-bond donors (Lipinski definition) is 0. The maximum Gasteiger partial charge on any atom is 0.137 e. The third-order valence-corrected chi connectivity index (χ3v) is 3.96. The van der Waals surface area contributed by atoms with Crippen LogP contribution in [0.25, 0.3) is 0 Å². The van der Waals surface area contributed by atoms with Crippen molar-refractivity contribution in [3.63, 3.8) is 0 Å². The van der Waals surface area contributed by atoms with Gasteiger partial charge < -0.3 is 4.74 Å². The fraction of sp³-hybridized carbons (Fsp3) is 0.524. The molecule has 0 spiro atoms. The molecule has 0 saturated carbocycles. The highest BCUT2D eigenvalue weighted by Crippen LogP contribution is 2.26. The number of rotatable bonds is 7. The van der Waals surface area contributed by atoms with E-state index in [1.807, 2.05) is 30.7 Å². The summed E-state index contributed by atoms with van der Waals surface area (Å²) in [6, 6.07) is 8.23. The Labute approximate surface area is 146 Å². The van der Waals surface area contributed by atoms with E-state index in [2.05, 4.69) is 56.7 Å². The molecular formula is C21H30N2O. The molecule has 0 aromatic carbocycles. The second-order valence-electron chi connectivity index (χ2n) is 8.52. The summed E-state index contributed by atoms with van der Waals surface area (Å²) in [5.74, 6) is 0.852. The Balaban J connectivity index is 1.80. The minimum atomic E-state index is 0.183. The Morgan fingerprint density at radius 2 is 1.75 bits per heavy atom. The molecule has 2 rings (SSSR count). The van der Waals surface area contributed by atoms with E-state index in [-0.39, 0.29) is 10.8 Å². The Kier molecular flexibility index (Phi) is 5.98. The van der Waals surface area contributed by atoms with E-state index in [0.717, 1.165) is 30.7 Å². The van der Waals surface area contributed by atoms with Crippen molar-refractivity contribution in [2.75, 3.05) is 6.61 Å². The summed E-state index contributed by atoms with van der Waals surface area (Å²) >= 11 is 0. The SMILES string of the molecule is CC(C)(C)Cc1ccc(OCCC(C)(C)Cc2cccnc2)cn1. The molecule has 0 aliphatic heterocycles. The zero-order chi connectivity index (χ0) is 17.6. The average molecular weight is 326 g/mol. The van der Waals surface area contributed by atoms with Crippen molar-refractivity contribution >= 4 is 0 Å². The third-order valence-electron chi connectivity index (χ3n) is 3.96. The van der Waals surface area contributed by atoms with Gasteiger partial charge in [-0.3, -0.25) is 9.97 Å². The molecule has 3 heteroatoms. The van der Waals surface area contributed by atoms with Gasteiger partial charge in [0.05, 0.1) is 12.8 Å². The van der Waals surface area contributed by atoms with Crippen LogP contribution >= 0.6 is 0 Å². The first kappa shape index (κ1) is 18.4. The van der Waals surface area contributed by atoms with Crippen molar-refractivity contribution in [1.29, 1.82) is 0 Å². The van der Waals surface area contributed by atoms with Gasteiger partial charge in [0, 0.05) is 18.1 Å². The smallest absolute Gasteiger partial charge is 0.137 e. The summed E-state index contributed by atoms with van der Waals surface area (Å²) in [5.41, 5.74) is 2.83. The first-order chi connectivity index (χ1) is 11.2. The zero-order valence-electron chi connectivity index (χ0n) is 15.7. The van der Waals surface area contributed by atoms with Gasteiger partial charge in [0.15, 0.2) is 0 Å². The maximum atomic E-state index is 5.89. The van der Waals surface area contributed by atoms with Gasteiger partial charge >= 0.3 is 0 Å². The van der Waals surface area contributed by atoms with Crippen molar-refractivity contribution in [3.8, 4) is 5.75 Å². The van der Waals surface area contributed by atoms with Gasteiger partial charge in [-0.2, -0.15) is 0 Å². The number of ether oxygens (including phenoxy) is 1. The van der Waals surface area contributed by atoms with E-state index in [1.165, 1.54) is 5.56 Å². The number of aromatic nitrogens is 2. The second kappa shape index (κ2) is 7.78. The van der Waals surface area contributed by atoms with Crippen LogP contribution in [0.15, 0.2) is 42.9 Å². The van der Waals surface area contributed by atoms with Crippen LogP contribution in [0.1, 0.15) is 52.3 Å². The topological polar surface area (TPSA) is 35.0 Å². The summed E-state index contributed by atoms with van der Waals surface area (Å²) in [6.45, 7) is 11.9. The Morgan fingerprint density at radius 1 is 0.958 bits per heavy atom. The van der Waals surface area contributed by atoms with Crippen LogP contribution < -0.4 is 4.74 Å². The first-order valence-electron chi connectivity index (χ1n) is 8.70. The van der Waals surface area contributed by atoms with Crippen LogP contribution in [0.4, 0.5) is 0 Å². The standard InChI is InChI=1S/C21H30N2O/c1-20(2,3)14-18-8-9-19(16-23-18)24-12-10-21(4,5)13-17-7-6-11-22-15-17/h6-9,11,15-16H,10,12-14H2,1-5H3. The average Bonchev–Trinajstić information content (AvgIpc) is 2.48. The Bertz CT molecular complexity index is 613. The fourth-order valence-corrected chi connectivity index (χ4v) is 2.73. The van der Waals surface area contributed by atoms with Crippen LogP contribution in [0.5, 0.6) is 5.75 Å². The summed E-state index contributed by atoms with van der Waals surface area (Å²) in [5, 5.41) is 0. The molecule has 2 aromatic rings. The third kappa shape index (κ3) is 6.69. The summed E-state index contributed by atoms with van der Waals surface area (Å²) in [6.07, 6.45) is 8.58. The van der Waals surface area contributed by atoms with Gasteiger partial charge in [-0.1, -0.05) is 40.7 Å². The van der Waals surface area contributed by atoms with Gasteiger partial charge in [-0.15, -0.1) is 0 Å². The van der Waals surface area contributed by atoms with Crippen molar-refractivity contribution in [1.82, 2.24) is 9.97 Å².